The fourth-order valence-corrected chi connectivity index (χ4v) is 3.23. The fourth-order valence-electron chi connectivity index (χ4n) is 2.58. The molecule has 6 nitrogen and oxygen atoms in total. The van der Waals surface area contributed by atoms with Crippen LogP contribution in [0.5, 0.6) is 5.75 Å². The number of hydrogen-bond donors (Lipinski definition) is 3. The van der Waals surface area contributed by atoms with Crippen molar-refractivity contribution < 1.29 is 8.95 Å². The number of thiocarbonyl (C=S) groups is 1. The maximum atomic E-state index is 11.7. The van der Waals surface area contributed by atoms with Gasteiger partial charge in [0.05, 0.1) is 22.4 Å². The number of benzene rings is 2. The molecule has 2 rings (SSSR count). The lowest BCUT2D eigenvalue weighted by atomic mass is 10.1. The first-order chi connectivity index (χ1) is 14.2. The number of nitrogens with two attached hydrogens (primary N) is 1. The molecule has 0 fully saturated rings. The molecule has 0 aliphatic carbocycles. The molecule has 0 saturated carbocycles. The number of nitrogens with one attached hydrogen (secondary N) is 2. The van der Waals surface area contributed by atoms with Crippen molar-refractivity contribution in [3.63, 3.8) is 0 Å². The number of ether oxygens (including phenoxy) is 1. The Kier molecular flexibility index (Phi) is 8.95. The summed E-state index contributed by atoms with van der Waals surface area (Å²) in [4.78, 5) is 5.09. The summed E-state index contributed by atoms with van der Waals surface area (Å²) in [7, 11) is -1.60. The van der Waals surface area contributed by atoms with Crippen LogP contribution in [0.1, 0.15) is 39.7 Å². The van der Waals surface area contributed by atoms with E-state index in [1.807, 2.05) is 45.2 Å². The molecule has 0 spiro atoms. The topological polar surface area (TPSA) is 88.7 Å². The van der Waals surface area contributed by atoms with Crippen molar-refractivity contribution in [2.45, 2.75) is 52.0 Å². The Bertz CT molecular complexity index is 945. The first-order valence-electron chi connectivity index (χ1n) is 9.90. The van der Waals surface area contributed by atoms with E-state index < -0.39 is 11.0 Å². The van der Waals surface area contributed by atoms with Crippen molar-refractivity contribution in [2.75, 3.05) is 10.6 Å². The highest BCUT2D eigenvalue weighted by Crippen LogP contribution is 2.29. The summed E-state index contributed by atoms with van der Waals surface area (Å²) in [6.45, 7) is 10.1. The Hall–Kier alpha value is -2.29. The predicted octanol–water partition coefficient (Wildman–Crippen LogP) is 5.32. The van der Waals surface area contributed by atoms with Gasteiger partial charge in [0.25, 0.3) is 0 Å². The van der Waals surface area contributed by atoms with Gasteiger partial charge in [0.2, 0.25) is 0 Å². The highest BCUT2D eigenvalue weighted by Gasteiger charge is 2.12. The molecule has 0 saturated heterocycles. The van der Waals surface area contributed by atoms with Gasteiger partial charge in [-0.2, -0.15) is 0 Å². The molecule has 2 aromatic rings. The molecular weight excluding hydrogens is 416 g/mol. The van der Waals surface area contributed by atoms with Gasteiger partial charge in [-0.25, -0.2) is 9.35 Å². The SMILES string of the molecule is CCC(C)C=Nc1cccc(NC(=S)Nc2cc(S(N)=O)ccc2OC(C)C)c1C. The van der Waals surface area contributed by atoms with E-state index in [4.69, 9.17) is 22.1 Å². The summed E-state index contributed by atoms with van der Waals surface area (Å²) in [6.07, 6.45) is 2.99. The van der Waals surface area contributed by atoms with Gasteiger partial charge in [0.1, 0.15) is 16.7 Å². The lowest BCUT2D eigenvalue weighted by Crippen LogP contribution is -2.21. The first-order valence-corrected chi connectivity index (χ1v) is 11.5. The second-order valence-corrected chi connectivity index (χ2v) is 8.79. The van der Waals surface area contributed by atoms with Crippen LogP contribution in [0.2, 0.25) is 0 Å². The Morgan fingerprint density at radius 2 is 1.93 bits per heavy atom. The van der Waals surface area contributed by atoms with Crippen LogP contribution < -0.4 is 20.5 Å². The maximum Gasteiger partial charge on any atom is 0.175 e. The average Bonchev–Trinajstić information content (AvgIpc) is 2.69. The zero-order valence-electron chi connectivity index (χ0n) is 18.1. The summed E-state index contributed by atoms with van der Waals surface area (Å²) < 4.78 is 17.5. The van der Waals surface area contributed by atoms with Crippen LogP contribution in [0, 0.1) is 12.8 Å². The van der Waals surface area contributed by atoms with E-state index in [1.54, 1.807) is 18.2 Å². The lowest BCUT2D eigenvalue weighted by molar-refractivity contribution is 0.243. The predicted molar refractivity (Wildman–Crippen MR) is 131 cm³/mol. The van der Waals surface area contributed by atoms with E-state index in [2.05, 4.69) is 29.5 Å². The van der Waals surface area contributed by atoms with Gasteiger partial charge < -0.3 is 15.4 Å². The highest BCUT2D eigenvalue weighted by atomic mass is 32.2. The van der Waals surface area contributed by atoms with Crippen LogP contribution in [-0.2, 0) is 11.0 Å². The van der Waals surface area contributed by atoms with E-state index in [-0.39, 0.29) is 6.10 Å². The van der Waals surface area contributed by atoms with Crippen LogP contribution in [0.25, 0.3) is 0 Å². The molecule has 30 heavy (non-hydrogen) atoms. The van der Waals surface area contributed by atoms with E-state index >= 15 is 0 Å². The van der Waals surface area contributed by atoms with Crippen LogP contribution in [0.3, 0.4) is 0 Å². The molecule has 4 N–H and O–H groups in total. The van der Waals surface area contributed by atoms with E-state index in [0.29, 0.717) is 27.4 Å². The second-order valence-electron chi connectivity index (χ2n) is 7.31. The van der Waals surface area contributed by atoms with E-state index in [1.165, 1.54) is 0 Å². The van der Waals surface area contributed by atoms with Gasteiger partial charge in [0.15, 0.2) is 5.11 Å². The fraction of sp³-hybridized carbons (Fsp3) is 0.364. The molecule has 162 valence electrons. The lowest BCUT2D eigenvalue weighted by Gasteiger charge is -2.18. The van der Waals surface area contributed by atoms with Gasteiger partial charge in [-0.15, -0.1) is 0 Å². The van der Waals surface area contributed by atoms with Crippen LogP contribution in [-0.4, -0.2) is 21.6 Å². The summed E-state index contributed by atoms with van der Waals surface area (Å²) in [5.74, 6) is 1.02. The monoisotopic (exact) mass is 446 g/mol. The standard InChI is InChI=1S/C22H30N4O2S2/c1-6-15(4)13-24-18-8-7-9-19(16(18)5)25-22(29)26-20-12-17(30(23)27)10-11-21(20)28-14(2)3/h7-15H,6,23H2,1-5H3,(H2,25,26,29). The van der Waals surface area contributed by atoms with Crippen LogP contribution in [0.15, 0.2) is 46.3 Å². The Morgan fingerprint density at radius 1 is 1.23 bits per heavy atom. The highest BCUT2D eigenvalue weighted by molar-refractivity contribution is 7.82. The minimum Gasteiger partial charge on any atom is -0.489 e. The van der Waals surface area contributed by atoms with Gasteiger partial charge in [-0.05, 0) is 81.2 Å². The van der Waals surface area contributed by atoms with E-state index in [9.17, 15) is 4.21 Å². The number of hydrogen-bond acceptors (Lipinski definition) is 4. The molecule has 0 aliphatic heterocycles. The largest absolute Gasteiger partial charge is 0.489 e. The van der Waals surface area contributed by atoms with Crippen molar-refractivity contribution in [2.24, 2.45) is 16.0 Å². The Balaban J connectivity index is 2.22. The molecule has 2 unspecified atom stereocenters. The molecule has 0 aliphatic rings. The number of aliphatic imine (C=N–C) groups is 1. The molecule has 2 atom stereocenters. The summed E-state index contributed by atoms with van der Waals surface area (Å²) in [5, 5.41) is 12.3. The quantitative estimate of drug-likeness (QED) is 0.377. The molecule has 0 amide bonds. The maximum absolute atomic E-state index is 11.7. The zero-order chi connectivity index (χ0) is 22.3. The Labute approximate surface area is 186 Å². The summed E-state index contributed by atoms with van der Waals surface area (Å²) in [6, 6.07) is 11.0. The minimum atomic E-state index is -1.60. The van der Waals surface area contributed by atoms with Crippen molar-refractivity contribution >= 4 is 51.6 Å². The minimum absolute atomic E-state index is 0.0244. The van der Waals surface area contributed by atoms with Gasteiger partial charge >= 0.3 is 0 Å². The molecule has 0 aromatic heterocycles. The van der Waals surface area contributed by atoms with Gasteiger partial charge in [-0.3, -0.25) is 4.99 Å². The zero-order valence-corrected chi connectivity index (χ0v) is 19.7. The number of nitrogens with zero attached hydrogens (tertiary/aromatic N) is 1. The van der Waals surface area contributed by atoms with Gasteiger partial charge in [-0.1, -0.05) is 19.9 Å². The third kappa shape index (κ3) is 6.90. The van der Waals surface area contributed by atoms with Crippen LogP contribution in [0.4, 0.5) is 17.1 Å². The number of anilines is 2. The summed E-state index contributed by atoms with van der Waals surface area (Å²) >= 11 is 5.50. The third-order valence-electron chi connectivity index (χ3n) is 4.46. The van der Waals surface area contributed by atoms with Gasteiger partial charge in [0, 0.05) is 11.9 Å². The smallest absolute Gasteiger partial charge is 0.175 e. The molecule has 8 heteroatoms. The van der Waals surface area contributed by atoms with Crippen LogP contribution >= 0.6 is 12.2 Å². The molecular formula is C22H30N4O2S2. The second kappa shape index (κ2) is 11.2. The van der Waals surface area contributed by atoms with E-state index in [0.717, 1.165) is 23.4 Å². The third-order valence-corrected chi connectivity index (χ3v) is 5.38. The van der Waals surface area contributed by atoms with Crippen molar-refractivity contribution in [1.29, 1.82) is 0 Å². The Morgan fingerprint density at radius 3 is 2.57 bits per heavy atom. The van der Waals surface area contributed by atoms with Crippen molar-refractivity contribution in [3.05, 3.63) is 42.0 Å². The molecule has 0 bridgehead atoms. The molecule has 0 heterocycles. The number of rotatable bonds is 8. The van der Waals surface area contributed by atoms with Crippen molar-refractivity contribution in [1.82, 2.24) is 0 Å². The normalized spacial score (nSPS) is 13.3. The first kappa shape index (κ1) is 24.0. The molecule has 2 aromatic carbocycles. The van der Waals surface area contributed by atoms with Crippen molar-refractivity contribution in [3.8, 4) is 5.75 Å². The average molecular weight is 447 g/mol. The summed E-state index contributed by atoms with van der Waals surface area (Å²) in [5.41, 5.74) is 3.35. The molecule has 0 radical (unpaired) electrons.